The lowest BCUT2D eigenvalue weighted by Crippen LogP contribution is -2.52. The van der Waals surface area contributed by atoms with Crippen LogP contribution in [0.4, 0.5) is 0 Å². The smallest absolute Gasteiger partial charge is 0.237 e. The van der Waals surface area contributed by atoms with Crippen LogP contribution in [-0.4, -0.2) is 23.5 Å². The third-order valence-electron chi connectivity index (χ3n) is 2.06. The van der Waals surface area contributed by atoms with E-state index in [-0.39, 0.29) is 11.9 Å². The predicted molar refractivity (Wildman–Crippen MR) is 50.4 cm³/mol. The quantitative estimate of drug-likeness (QED) is 0.723. The fraction of sp³-hybridized carbons (Fsp3) is 0.500. The van der Waals surface area contributed by atoms with Crippen molar-refractivity contribution in [2.75, 3.05) is 6.54 Å². The first-order chi connectivity index (χ1) is 6.36. The number of carbonyl (C=O) groups excluding carboxylic acids is 1. The third-order valence-corrected chi connectivity index (χ3v) is 2.84. The van der Waals surface area contributed by atoms with Gasteiger partial charge in [-0.25, -0.2) is 0 Å². The highest BCUT2D eigenvalue weighted by Gasteiger charge is 2.23. The van der Waals surface area contributed by atoms with Crippen LogP contribution < -0.4 is 10.6 Å². The van der Waals surface area contributed by atoms with E-state index >= 15 is 0 Å². The van der Waals surface area contributed by atoms with Crippen molar-refractivity contribution in [2.45, 2.75) is 19.0 Å². The van der Waals surface area contributed by atoms with Crippen molar-refractivity contribution in [3.63, 3.8) is 0 Å². The Morgan fingerprint density at radius 3 is 3.23 bits per heavy atom. The average Bonchev–Trinajstić information content (AvgIpc) is 2.49. The molecule has 5 heteroatoms. The molecule has 0 saturated carbocycles. The van der Waals surface area contributed by atoms with Crippen molar-refractivity contribution in [3.8, 4) is 0 Å². The molecule has 70 valence electrons. The van der Waals surface area contributed by atoms with Crippen molar-refractivity contribution < 1.29 is 4.79 Å². The van der Waals surface area contributed by atoms with Crippen LogP contribution in [0.25, 0.3) is 0 Å². The Balaban J connectivity index is 1.76. The van der Waals surface area contributed by atoms with Gasteiger partial charge in [0.2, 0.25) is 5.91 Å². The molecule has 1 saturated heterocycles. The summed E-state index contributed by atoms with van der Waals surface area (Å²) in [5.74, 6) is 0.0969. The molecule has 0 radical (unpaired) electrons. The highest BCUT2D eigenvalue weighted by molar-refractivity contribution is 7.09. The highest BCUT2D eigenvalue weighted by atomic mass is 32.1. The summed E-state index contributed by atoms with van der Waals surface area (Å²) in [6.45, 7) is 1.56. The van der Waals surface area contributed by atoms with Gasteiger partial charge in [-0.1, -0.05) is 0 Å². The largest absolute Gasteiger partial charge is 0.350 e. The fourth-order valence-corrected chi connectivity index (χ4v) is 1.67. The van der Waals surface area contributed by atoms with Crippen LogP contribution in [-0.2, 0) is 11.3 Å². The summed E-state index contributed by atoms with van der Waals surface area (Å²) < 4.78 is 0. The van der Waals surface area contributed by atoms with Crippen LogP contribution in [0.1, 0.15) is 11.3 Å². The summed E-state index contributed by atoms with van der Waals surface area (Å²) in [4.78, 5) is 16.4. The zero-order valence-electron chi connectivity index (χ0n) is 7.12. The van der Waals surface area contributed by atoms with Crippen molar-refractivity contribution in [2.24, 2.45) is 0 Å². The third kappa shape index (κ3) is 2.05. The highest BCUT2D eigenvalue weighted by Crippen LogP contribution is 2.06. The van der Waals surface area contributed by atoms with Gasteiger partial charge < -0.3 is 10.6 Å². The molecule has 1 unspecified atom stereocenters. The first-order valence-electron chi connectivity index (χ1n) is 4.25. The monoisotopic (exact) mass is 197 g/mol. The van der Waals surface area contributed by atoms with E-state index in [4.69, 9.17) is 0 Å². The van der Waals surface area contributed by atoms with Crippen LogP contribution in [0.15, 0.2) is 11.7 Å². The lowest BCUT2D eigenvalue weighted by molar-refractivity contribution is -0.124. The maximum absolute atomic E-state index is 11.3. The molecule has 0 spiro atoms. The number of amides is 1. The summed E-state index contributed by atoms with van der Waals surface area (Å²) >= 11 is 1.56. The Bertz CT molecular complexity index is 282. The summed E-state index contributed by atoms with van der Waals surface area (Å²) in [6, 6.07) is 0.0351. The molecular formula is C8H11N3OS. The van der Waals surface area contributed by atoms with Gasteiger partial charge in [-0.05, 0) is 13.0 Å². The average molecular weight is 197 g/mol. The summed E-state index contributed by atoms with van der Waals surface area (Å²) in [5.41, 5.74) is 1.77. The lowest BCUT2D eigenvalue weighted by atomic mass is 10.1. The number of aromatic nitrogens is 1. The van der Waals surface area contributed by atoms with Crippen molar-refractivity contribution >= 4 is 17.2 Å². The molecule has 0 aromatic carbocycles. The van der Waals surface area contributed by atoms with E-state index in [1.165, 1.54) is 0 Å². The van der Waals surface area contributed by atoms with Crippen LogP contribution in [0.2, 0.25) is 0 Å². The molecule has 1 aliphatic heterocycles. The standard InChI is InChI=1S/C8H11N3OS/c12-8(7-1-2-10-7)11-4-6-3-9-5-13-6/h3,5,7,10H,1-2,4H2,(H,11,12). The van der Waals surface area contributed by atoms with E-state index in [2.05, 4.69) is 15.6 Å². The second kappa shape index (κ2) is 3.85. The number of hydrogen-bond donors (Lipinski definition) is 2. The van der Waals surface area contributed by atoms with Gasteiger partial charge in [-0.2, -0.15) is 0 Å². The second-order valence-electron chi connectivity index (χ2n) is 2.98. The van der Waals surface area contributed by atoms with Gasteiger partial charge in [0.05, 0.1) is 18.1 Å². The predicted octanol–water partition coefficient (Wildman–Crippen LogP) is 0.121. The maximum atomic E-state index is 11.3. The molecule has 1 aromatic heterocycles. The summed E-state index contributed by atoms with van der Waals surface area (Å²) in [7, 11) is 0. The van der Waals surface area contributed by atoms with Crippen molar-refractivity contribution in [1.29, 1.82) is 0 Å². The van der Waals surface area contributed by atoms with Gasteiger partial charge >= 0.3 is 0 Å². The van der Waals surface area contributed by atoms with E-state index in [0.717, 1.165) is 17.8 Å². The molecule has 1 aromatic rings. The first kappa shape index (κ1) is 8.65. The minimum Gasteiger partial charge on any atom is -0.350 e. The normalized spacial score (nSPS) is 20.8. The molecule has 4 nitrogen and oxygen atoms in total. The number of nitrogens with one attached hydrogen (secondary N) is 2. The number of nitrogens with zero attached hydrogens (tertiary/aromatic N) is 1. The molecule has 1 amide bonds. The van der Waals surface area contributed by atoms with Gasteiger partial charge in [-0.3, -0.25) is 9.78 Å². The molecular weight excluding hydrogens is 186 g/mol. The van der Waals surface area contributed by atoms with E-state index in [1.807, 2.05) is 0 Å². The van der Waals surface area contributed by atoms with Crippen LogP contribution in [0.3, 0.4) is 0 Å². The number of rotatable bonds is 3. The lowest BCUT2D eigenvalue weighted by Gasteiger charge is -2.26. The van der Waals surface area contributed by atoms with Crippen LogP contribution >= 0.6 is 11.3 Å². The Morgan fingerprint density at radius 1 is 1.85 bits per heavy atom. The Kier molecular flexibility index (Phi) is 2.56. The van der Waals surface area contributed by atoms with E-state index in [0.29, 0.717) is 6.54 Å². The van der Waals surface area contributed by atoms with Gasteiger partial charge in [0.25, 0.3) is 0 Å². The molecule has 0 bridgehead atoms. The Hall–Kier alpha value is -0.940. The zero-order valence-corrected chi connectivity index (χ0v) is 7.93. The van der Waals surface area contributed by atoms with Crippen LogP contribution in [0.5, 0.6) is 0 Å². The number of thiazole rings is 1. The van der Waals surface area contributed by atoms with Crippen molar-refractivity contribution in [3.05, 3.63) is 16.6 Å². The molecule has 1 aliphatic rings. The molecule has 2 rings (SSSR count). The Morgan fingerprint density at radius 2 is 2.69 bits per heavy atom. The molecule has 2 heterocycles. The summed E-state index contributed by atoms with van der Waals surface area (Å²) in [6.07, 6.45) is 2.73. The summed E-state index contributed by atoms with van der Waals surface area (Å²) in [5, 5.41) is 5.91. The van der Waals surface area contributed by atoms with E-state index < -0.39 is 0 Å². The molecule has 2 N–H and O–H groups in total. The first-order valence-corrected chi connectivity index (χ1v) is 5.12. The van der Waals surface area contributed by atoms with Crippen LogP contribution in [0, 0.1) is 0 Å². The number of hydrogen-bond acceptors (Lipinski definition) is 4. The molecule has 13 heavy (non-hydrogen) atoms. The molecule has 1 fully saturated rings. The topological polar surface area (TPSA) is 54.0 Å². The fourth-order valence-electron chi connectivity index (χ4n) is 1.14. The maximum Gasteiger partial charge on any atom is 0.237 e. The number of carbonyl (C=O) groups is 1. The molecule has 0 aliphatic carbocycles. The van der Waals surface area contributed by atoms with E-state index in [9.17, 15) is 4.79 Å². The van der Waals surface area contributed by atoms with Gasteiger partial charge in [0, 0.05) is 11.1 Å². The zero-order chi connectivity index (χ0) is 9.10. The SMILES string of the molecule is O=C(NCc1cncs1)C1CCN1. The van der Waals surface area contributed by atoms with E-state index in [1.54, 1.807) is 23.0 Å². The van der Waals surface area contributed by atoms with Gasteiger partial charge in [-0.15, -0.1) is 11.3 Å². The van der Waals surface area contributed by atoms with Crippen molar-refractivity contribution in [1.82, 2.24) is 15.6 Å². The minimum absolute atomic E-state index is 0.0351. The molecule has 1 atom stereocenters. The minimum atomic E-state index is 0.0351. The second-order valence-corrected chi connectivity index (χ2v) is 3.95. The Labute approximate surface area is 80.4 Å². The van der Waals surface area contributed by atoms with Gasteiger partial charge in [0.1, 0.15) is 0 Å². The van der Waals surface area contributed by atoms with Gasteiger partial charge in [0.15, 0.2) is 0 Å².